The van der Waals surface area contributed by atoms with Crippen molar-refractivity contribution in [2.45, 2.75) is 26.3 Å². The van der Waals surface area contributed by atoms with Gasteiger partial charge in [0.2, 0.25) is 0 Å². The van der Waals surface area contributed by atoms with E-state index in [0.717, 1.165) is 45.8 Å². The molecule has 3 rings (SSSR count). The van der Waals surface area contributed by atoms with Gasteiger partial charge in [-0.3, -0.25) is 9.69 Å². The third kappa shape index (κ3) is 3.49. The first-order valence-corrected chi connectivity index (χ1v) is 8.58. The summed E-state index contributed by atoms with van der Waals surface area (Å²) in [5.41, 5.74) is 0.316. The Morgan fingerprint density at radius 2 is 2.13 bits per heavy atom. The van der Waals surface area contributed by atoms with Crippen molar-refractivity contribution in [1.82, 2.24) is 19.8 Å². The molecule has 0 unspecified atom stereocenters. The second-order valence-corrected chi connectivity index (χ2v) is 6.62. The van der Waals surface area contributed by atoms with E-state index in [2.05, 4.69) is 21.8 Å². The quantitative estimate of drug-likeness (QED) is 0.838. The van der Waals surface area contributed by atoms with E-state index < -0.39 is 0 Å². The van der Waals surface area contributed by atoms with Crippen molar-refractivity contribution < 1.29 is 9.53 Å². The molecule has 0 N–H and O–H groups in total. The summed E-state index contributed by atoms with van der Waals surface area (Å²) in [5, 5.41) is 0.323. The Hall–Kier alpha value is -1.24. The second kappa shape index (κ2) is 7.11. The molecule has 0 aliphatic carbocycles. The van der Waals surface area contributed by atoms with Crippen LogP contribution in [0.1, 0.15) is 29.7 Å². The first-order valence-electron chi connectivity index (χ1n) is 8.20. The summed E-state index contributed by atoms with van der Waals surface area (Å²) < 4.78 is 5.44. The molecule has 2 aliphatic rings. The van der Waals surface area contributed by atoms with Crippen molar-refractivity contribution in [3.05, 3.63) is 22.7 Å². The smallest absolute Gasteiger partial charge is 0.274 e. The molecule has 0 bridgehead atoms. The van der Waals surface area contributed by atoms with Crippen molar-refractivity contribution in [3.63, 3.8) is 0 Å². The number of likely N-dealkylation sites (tertiary alicyclic amines) is 1. The molecule has 1 aromatic heterocycles. The molecule has 2 fully saturated rings. The molecule has 6 nitrogen and oxygen atoms in total. The molecular formula is C16H23ClN4O2. The maximum atomic E-state index is 12.8. The number of halogens is 1. The number of carbonyl (C=O) groups is 1. The first kappa shape index (κ1) is 16.6. The number of aryl methyl sites for hydroxylation is 1. The van der Waals surface area contributed by atoms with Crippen LogP contribution in [0.25, 0.3) is 0 Å². The van der Waals surface area contributed by atoms with Gasteiger partial charge in [0.1, 0.15) is 5.82 Å². The van der Waals surface area contributed by atoms with Gasteiger partial charge in [-0.15, -0.1) is 0 Å². The largest absolute Gasteiger partial charge is 0.379 e. The van der Waals surface area contributed by atoms with Crippen LogP contribution in [0, 0.1) is 12.8 Å². The first-order chi connectivity index (χ1) is 11.1. The van der Waals surface area contributed by atoms with Gasteiger partial charge in [-0.25, -0.2) is 9.97 Å². The topological polar surface area (TPSA) is 58.6 Å². The summed E-state index contributed by atoms with van der Waals surface area (Å²) >= 11 is 6.13. The minimum absolute atomic E-state index is 0.0882. The molecule has 2 aliphatic heterocycles. The van der Waals surface area contributed by atoms with Crippen LogP contribution >= 0.6 is 11.6 Å². The lowest BCUT2D eigenvalue weighted by Crippen LogP contribution is -2.47. The lowest BCUT2D eigenvalue weighted by molar-refractivity contribution is 0.0102. The van der Waals surface area contributed by atoms with Gasteiger partial charge in [0.05, 0.1) is 24.4 Å². The third-order valence-electron chi connectivity index (χ3n) is 4.80. The molecule has 0 spiro atoms. The number of ether oxygens (including phenoxy) is 1. The summed E-state index contributed by atoms with van der Waals surface area (Å²) in [4.78, 5) is 25.4. The minimum Gasteiger partial charge on any atom is -0.379 e. The lowest BCUT2D eigenvalue weighted by atomic mass is 9.99. The monoisotopic (exact) mass is 338 g/mol. The van der Waals surface area contributed by atoms with Crippen molar-refractivity contribution in [2.24, 2.45) is 5.92 Å². The van der Waals surface area contributed by atoms with Crippen LogP contribution < -0.4 is 0 Å². The Balaban J connectivity index is 1.75. The van der Waals surface area contributed by atoms with Crippen LogP contribution in [0.3, 0.4) is 0 Å². The SMILES string of the molecule is CC[C@@H]1CN(C(=O)c2nc(C)ncc2Cl)C[C@@H]1N1CCOCC1. The lowest BCUT2D eigenvalue weighted by Gasteiger charge is -2.34. The van der Waals surface area contributed by atoms with E-state index in [-0.39, 0.29) is 5.91 Å². The zero-order valence-electron chi connectivity index (χ0n) is 13.7. The fourth-order valence-electron chi connectivity index (χ4n) is 3.50. The van der Waals surface area contributed by atoms with E-state index in [1.807, 2.05) is 4.90 Å². The van der Waals surface area contributed by atoms with Crippen molar-refractivity contribution >= 4 is 17.5 Å². The van der Waals surface area contributed by atoms with Crippen molar-refractivity contribution in [3.8, 4) is 0 Å². The fourth-order valence-corrected chi connectivity index (χ4v) is 3.67. The van der Waals surface area contributed by atoms with Crippen LogP contribution in [0.5, 0.6) is 0 Å². The van der Waals surface area contributed by atoms with Gasteiger partial charge >= 0.3 is 0 Å². The van der Waals surface area contributed by atoms with Crippen LogP contribution in [0.2, 0.25) is 5.02 Å². The number of rotatable bonds is 3. The van der Waals surface area contributed by atoms with Gasteiger partial charge in [-0.2, -0.15) is 0 Å². The van der Waals surface area contributed by atoms with Crippen LogP contribution in [-0.2, 0) is 4.74 Å². The molecular weight excluding hydrogens is 316 g/mol. The molecule has 3 heterocycles. The highest BCUT2D eigenvalue weighted by Gasteiger charge is 2.39. The Kier molecular flexibility index (Phi) is 5.14. The predicted octanol–water partition coefficient (Wildman–Crippen LogP) is 1.62. The highest BCUT2D eigenvalue weighted by atomic mass is 35.5. The maximum Gasteiger partial charge on any atom is 0.274 e. The van der Waals surface area contributed by atoms with Gasteiger partial charge in [0.25, 0.3) is 5.91 Å². The van der Waals surface area contributed by atoms with Gasteiger partial charge < -0.3 is 9.64 Å². The summed E-state index contributed by atoms with van der Waals surface area (Å²) in [6.07, 6.45) is 2.56. The van der Waals surface area contributed by atoms with E-state index in [1.165, 1.54) is 6.20 Å². The number of aromatic nitrogens is 2. The predicted molar refractivity (Wildman–Crippen MR) is 87.6 cm³/mol. The molecule has 23 heavy (non-hydrogen) atoms. The molecule has 0 saturated carbocycles. The average Bonchev–Trinajstić information content (AvgIpc) is 3.01. The maximum absolute atomic E-state index is 12.8. The molecule has 7 heteroatoms. The Morgan fingerprint density at radius 1 is 1.39 bits per heavy atom. The van der Waals surface area contributed by atoms with Crippen molar-refractivity contribution in [1.29, 1.82) is 0 Å². The zero-order valence-corrected chi connectivity index (χ0v) is 14.4. The third-order valence-corrected chi connectivity index (χ3v) is 5.08. The number of amides is 1. The molecule has 2 saturated heterocycles. The van der Waals surface area contributed by atoms with Crippen molar-refractivity contribution in [2.75, 3.05) is 39.4 Å². The van der Waals surface area contributed by atoms with Crippen LogP contribution in [0.15, 0.2) is 6.20 Å². The standard InChI is InChI=1S/C16H23ClN4O2/c1-3-12-9-21(10-14(12)20-4-6-23-7-5-20)16(22)15-13(17)8-18-11(2)19-15/h8,12,14H,3-7,9-10H2,1-2H3/t12-,14+/m1/s1. The average molecular weight is 339 g/mol. The van der Waals surface area contributed by atoms with E-state index >= 15 is 0 Å². The summed E-state index contributed by atoms with van der Waals surface area (Å²) in [6.45, 7) is 8.88. The molecule has 2 atom stereocenters. The summed E-state index contributed by atoms with van der Waals surface area (Å²) in [5.74, 6) is 0.960. The van der Waals surface area contributed by atoms with E-state index in [9.17, 15) is 4.79 Å². The number of nitrogens with zero attached hydrogens (tertiary/aromatic N) is 4. The fraction of sp³-hybridized carbons (Fsp3) is 0.688. The van der Waals surface area contributed by atoms with Gasteiger partial charge in [0.15, 0.2) is 5.69 Å². The highest BCUT2D eigenvalue weighted by Crippen LogP contribution is 2.27. The summed E-state index contributed by atoms with van der Waals surface area (Å²) in [6, 6.07) is 0.398. The van der Waals surface area contributed by atoms with Gasteiger partial charge in [0, 0.05) is 32.2 Å². The molecule has 1 amide bonds. The summed E-state index contributed by atoms with van der Waals surface area (Å²) in [7, 11) is 0. The normalized spacial score (nSPS) is 25.8. The number of hydrogen-bond donors (Lipinski definition) is 0. The van der Waals surface area contributed by atoms with Crippen LogP contribution in [-0.4, -0.2) is 71.1 Å². The Labute approximate surface area is 141 Å². The number of hydrogen-bond acceptors (Lipinski definition) is 5. The number of morpholine rings is 1. The Bertz CT molecular complexity index is 577. The van der Waals surface area contributed by atoms with Gasteiger partial charge in [-0.1, -0.05) is 24.9 Å². The van der Waals surface area contributed by atoms with E-state index in [1.54, 1.807) is 6.92 Å². The van der Waals surface area contributed by atoms with Gasteiger partial charge in [-0.05, 0) is 12.8 Å². The highest BCUT2D eigenvalue weighted by molar-refractivity contribution is 6.33. The van der Waals surface area contributed by atoms with E-state index in [4.69, 9.17) is 16.3 Å². The minimum atomic E-state index is -0.0882. The molecule has 1 aromatic rings. The molecule has 0 aromatic carbocycles. The second-order valence-electron chi connectivity index (χ2n) is 6.21. The molecule has 126 valence electrons. The Morgan fingerprint density at radius 3 is 2.83 bits per heavy atom. The van der Waals surface area contributed by atoms with E-state index in [0.29, 0.717) is 28.5 Å². The van der Waals surface area contributed by atoms with Crippen LogP contribution in [0.4, 0.5) is 0 Å². The molecule has 0 radical (unpaired) electrons. The zero-order chi connectivity index (χ0) is 16.4. The number of carbonyl (C=O) groups excluding carboxylic acids is 1.